The molecule has 0 spiro atoms. The Morgan fingerprint density at radius 1 is 1.14 bits per heavy atom. The molecule has 114 valence electrons. The van der Waals surface area contributed by atoms with E-state index in [1.54, 1.807) is 0 Å². The molecular weight excluding hydrogens is 385 g/mol. The van der Waals surface area contributed by atoms with Gasteiger partial charge in [-0.2, -0.15) is 0 Å². The number of carbonyl (C=O) groups excluding carboxylic acids is 1. The minimum atomic E-state index is 0.129. The van der Waals surface area contributed by atoms with Crippen LogP contribution in [0.3, 0.4) is 0 Å². The first kappa shape index (κ1) is 15.5. The fourth-order valence-electron chi connectivity index (χ4n) is 3.30. The van der Waals surface area contributed by atoms with Gasteiger partial charge in [0.15, 0.2) is 0 Å². The monoisotopic (exact) mass is 405 g/mol. The number of amides is 1. The highest BCUT2D eigenvalue weighted by atomic mass is 127. The van der Waals surface area contributed by atoms with Gasteiger partial charge in [0.25, 0.3) is 0 Å². The fourth-order valence-corrected chi connectivity index (χ4v) is 3.88. The van der Waals surface area contributed by atoms with Crippen molar-refractivity contribution in [2.75, 3.05) is 0 Å². The minimum Gasteiger partial charge on any atom is -0.353 e. The van der Waals surface area contributed by atoms with Crippen LogP contribution in [0.5, 0.6) is 0 Å². The predicted octanol–water partition coefficient (Wildman–Crippen LogP) is 4.07. The van der Waals surface area contributed by atoms with Crippen molar-refractivity contribution >= 4 is 28.5 Å². The van der Waals surface area contributed by atoms with Crippen LogP contribution in [0.2, 0.25) is 0 Å². The van der Waals surface area contributed by atoms with E-state index in [1.807, 2.05) is 30.3 Å². The summed E-state index contributed by atoms with van der Waals surface area (Å²) in [7, 11) is 0. The standard InChI is InChI=1S/C19H20INO/c1-19(15-8-3-2-4-9-15)12-16(13-19)21-18(22)11-14-7-5-6-10-17(14)20/h2-10,16H,11-13H2,1H3,(H,21,22). The van der Waals surface area contributed by atoms with Gasteiger partial charge in [-0.1, -0.05) is 55.5 Å². The van der Waals surface area contributed by atoms with E-state index < -0.39 is 0 Å². The molecule has 2 aromatic carbocycles. The van der Waals surface area contributed by atoms with Crippen molar-refractivity contribution in [2.45, 2.75) is 37.6 Å². The van der Waals surface area contributed by atoms with Crippen LogP contribution in [0.15, 0.2) is 54.6 Å². The molecule has 1 N–H and O–H groups in total. The van der Waals surface area contributed by atoms with Crippen LogP contribution in [-0.4, -0.2) is 11.9 Å². The van der Waals surface area contributed by atoms with Crippen LogP contribution in [0.25, 0.3) is 0 Å². The minimum absolute atomic E-state index is 0.129. The van der Waals surface area contributed by atoms with Crippen molar-refractivity contribution in [1.29, 1.82) is 0 Å². The highest BCUT2D eigenvalue weighted by Crippen LogP contribution is 2.43. The van der Waals surface area contributed by atoms with Crippen LogP contribution in [0.4, 0.5) is 0 Å². The lowest BCUT2D eigenvalue weighted by molar-refractivity contribution is -0.122. The second-order valence-corrected chi connectivity index (χ2v) is 7.53. The van der Waals surface area contributed by atoms with Crippen molar-refractivity contribution in [2.24, 2.45) is 0 Å². The summed E-state index contributed by atoms with van der Waals surface area (Å²) in [5.41, 5.74) is 2.68. The molecule has 1 aliphatic rings. The summed E-state index contributed by atoms with van der Waals surface area (Å²) in [6, 6.07) is 18.9. The average Bonchev–Trinajstić information content (AvgIpc) is 2.49. The summed E-state index contributed by atoms with van der Waals surface area (Å²) < 4.78 is 1.15. The number of halogens is 1. The van der Waals surface area contributed by atoms with Crippen LogP contribution in [-0.2, 0) is 16.6 Å². The summed E-state index contributed by atoms with van der Waals surface area (Å²) in [4.78, 5) is 12.2. The lowest BCUT2D eigenvalue weighted by atomic mass is 9.63. The quantitative estimate of drug-likeness (QED) is 0.764. The van der Waals surface area contributed by atoms with E-state index in [0.717, 1.165) is 22.0 Å². The second kappa shape index (κ2) is 6.41. The van der Waals surface area contributed by atoms with Crippen molar-refractivity contribution < 1.29 is 4.79 Å². The maximum atomic E-state index is 12.2. The maximum Gasteiger partial charge on any atom is 0.224 e. The smallest absolute Gasteiger partial charge is 0.224 e. The third-order valence-corrected chi connectivity index (χ3v) is 5.59. The Balaban J connectivity index is 1.54. The van der Waals surface area contributed by atoms with Crippen molar-refractivity contribution in [3.8, 4) is 0 Å². The molecule has 0 heterocycles. The number of carbonyl (C=O) groups is 1. The van der Waals surface area contributed by atoms with Crippen molar-refractivity contribution in [1.82, 2.24) is 5.32 Å². The van der Waals surface area contributed by atoms with Gasteiger partial charge in [0.1, 0.15) is 0 Å². The highest BCUT2D eigenvalue weighted by molar-refractivity contribution is 14.1. The molecule has 0 unspecified atom stereocenters. The second-order valence-electron chi connectivity index (χ2n) is 6.37. The molecule has 3 rings (SSSR count). The van der Waals surface area contributed by atoms with Crippen molar-refractivity contribution in [3.05, 3.63) is 69.3 Å². The first-order valence-corrected chi connectivity index (χ1v) is 8.73. The number of benzene rings is 2. The number of hydrogen-bond donors (Lipinski definition) is 1. The Morgan fingerprint density at radius 3 is 2.45 bits per heavy atom. The molecule has 0 bridgehead atoms. The molecule has 0 saturated heterocycles. The maximum absolute atomic E-state index is 12.2. The van der Waals surface area contributed by atoms with Crippen LogP contribution in [0.1, 0.15) is 30.9 Å². The fraction of sp³-hybridized carbons (Fsp3) is 0.316. The molecule has 1 fully saturated rings. The van der Waals surface area contributed by atoms with Crippen LogP contribution in [0, 0.1) is 3.57 Å². The zero-order valence-electron chi connectivity index (χ0n) is 12.7. The van der Waals surface area contributed by atoms with Gasteiger partial charge >= 0.3 is 0 Å². The van der Waals surface area contributed by atoms with Gasteiger partial charge < -0.3 is 5.32 Å². The van der Waals surface area contributed by atoms with E-state index in [2.05, 4.69) is 59.1 Å². The lowest BCUT2D eigenvalue weighted by Crippen LogP contribution is -2.52. The van der Waals surface area contributed by atoms with Gasteiger partial charge in [0.2, 0.25) is 5.91 Å². The number of rotatable bonds is 4. The normalized spacial score (nSPS) is 23.6. The van der Waals surface area contributed by atoms with Gasteiger partial charge in [-0.25, -0.2) is 0 Å². The Hall–Kier alpha value is -1.36. The zero-order valence-corrected chi connectivity index (χ0v) is 14.8. The molecule has 2 nitrogen and oxygen atoms in total. The van der Waals surface area contributed by atoms with E-state index in [0.29, 0.717) is 12.5 Å². The third kappa shape index (κ3) is 3.35. The molecule has 2 aromatic rings. The molecule has 1 aliphatic carbocycles. The van der Waals surface area contributed by atoms with Crippen LogP contribution < -0.4 is 5.32 Å². The first-order chi connectivity index (χ1) is 10.6. The Kier molecular flexibility index (Phi) is 4.52. The van der Waals surface area contributed by atoms with Gasteiger partial charge in [-0.15, -0.1) is 0 Å². The van der Waals surface area contributed by atoms with E-state index in [-0.39, 0.29) is 11.3 Å². The summed E-state index contributed by atoms with van der Waals surface area (Å²) in [5, 5.41) is 3.17. The van der Waals surface area contributed by atoms with Crippen molar-refractivity contribution in [3.63, 3.8) is 0 Å². The summed E-state index contributed by atoms with van der Waals surface area (Å²) in [6.45, 7) is 2.28. The van der Waals surface area contributed by atoms with E-state index >= 15 is 0 Å². The van der Waals surface area contributed by atoms with Crippen LogP contribution >= 0.6 is 22.6 Å². The molecule has 1 amide bonds. The summed E-state index contributed by atoms with van der Waals surface area (Å²) in [5.74, 6) is 0.129. The topological polar surface area (TPSA) is 29.1 Å². The molecule has 1 saturated carbocycles. The van der Waals surface area contributed by atoms with Gasteiger partial charge in [-0.05, 0) is 58.0 Å². The first-order valence-electron chi connectivity index (χ1n) is 7.65. The van der Waals surface area contributed by atoms with E-state index in [9.17, 15) is 4.79 Å². The molecule has 0 aromatic heterocycles. The zero-order chi connectivity index (χ0) is 15.6. The molecule has 0 atom stereocenters. The molecule has 0 aliphatic heterocycles. The van der Waals surface area contributed by atoms with Gasteiger partial charge in [0, 0.05) is 9.61 Å². The lowest BCUT2D eigenvalue weighted by Gasteiger charge is -2.46. The third-order valence-electron chi connectivity index (χ3n) is 4.54. The van der Waals surface area contributed by atoms with E-state index in [4.69, 9.17) is 0 Å². The number of hydrogen-bond acceptors (Lipinski definition) is 1. The summed E-state index contributed by atoms with van der Waals surface area (Å²) >= 11 is 2.28. The molecular formula is C19H20INO. The molecule has 22 heavy (non-hydrogen) atoms. The van der Waals surface area contributed by atoms with Gasteiger partial charge in [0.05, 0.1) is 6.42 Å². The molecule has 0 radical (unpaired) electrons. The summed E-state index contributed by atoms with van der Waals surface area (Å²) in [6.07, 6.45) is 2.51. The molecule has 3 heteroatoms. The van der Waals surface area contributed by atoms with Gasteiger partial charge in [-0.3, -0.25) is 4.79 Å². The highest BCUT2D eigenvalue weighted by Gasteiger charge is 2.41. The Labute approximate surface area is 145 Å². The Morgan fingerprint density at radius 2 is 1.77 bits per heavy atom. The Bertz CT molecular complexity index is 662. The predicted molar refractivity (Wildman–Crippen MR) is 97.8 cm³/mol. The SMILES string of the molecule is CC1(c2ccccc2)CC(NC(=O)Cc2ccccc2I)C1. The largest absolute Gasteiger partial charge is 0.353 e. The average molecular weight is 405 g/mol. The van der Waals surface area contributed by atoms with E-state index in [1.165, 1.54) is 5.56 Å². The number of nitrogens with one attached hydrogen (secondary N) is 1.